The number of ether oxygens (including phenoxy) is 3. The zero-order valence-corrected chi connectivity index (χ0v) is 15.3. The van der Waals surface area contributed by atoms with Crippen molar-refractivity contribution < 1.29 is 23.8 Å². The number of hydrogen-bond donors (Lipinski definition) is 0. The molecular weight excluding hydrogens is 346 g/mol. The summed E-state index contributed by atoms with van der Waals surface area (Å²) < 4.78 is 15.8. The van der Waals surface area contributed by atoms with E-state index in [1.54, 1.807) is 18.2 Å². The lowest BCUT2D eigenvalue weighted by Gasteiger charge is -2.26. The molecule has 27 heavy (non-hydrogen) atoms. The molecule has 2 aromatic rings. The molecule has 6 heteroatoms. The Morgan fingerprint density at radius 1 is 1.11 bits per heavy atom. The van der Waals surface area contributed by atoms with E-state index in [9.17, 15) is 9.59 Å². The fourth-order valence-corrected chi connectivity index (χ4v) is 3.00. The van der Waals surface area contributed by atoms with Crippen LogP contribution in [-0.4, -0.2) is 50.6 Å². The van der Waals surface area contributed by atoms with Crippen LogP contribution in [0.4, 0.5) is 0 Å². The minimum atomic E-state index is -0.560. The smallest absolute Gasteiger partial charge is 0.338 e. The Labute approximate surface area is 158 Å². The van der Waals surface area contributed by atoms with E-state index in [1.807, 2.05) is 12.1 Å². The molecule has 0 unspecified atom stereocenters. The van der Waals surface area contributed by atoms with Crippen LogP contribution in [0.3, 0.4) is 0 Å². The van der Waals surface area contributed by atoms with Crippen LogP contribution in [0, 0.1) is 0 Å². The average Bonchev–Trinajstić information content (AvgIpc) is 2.73. The molecule has 3 rings (SSSR count). The van der Waals surface area contributed by atoms with Crippen molar-refractivity contribution in [3.63, 3.8) is 0 Å². The van der Waals surface area contributed by atoms with Gasteiger partial charge in [-0.2, -0.15) is 0 Å². The van der Waals surface area contributed by atoms with Gasteiger partial charge in [0.05, 0.1) is 31.5 Å². The number of carbonyl (C=O) groups is 2. The molecule has 0 aromatic heterocycles. The summed E-state index contributed by atoms with van der Waals surface area (Å²) in [6.45, 7) is 4.70. The molecule has 0 aliphatic carbocycles. The summed E-state index contributed by atoms with van der Waals surface area (Å²) in [6, 6.07) is 13.1. The van der Waals surface area contributed by atoms with E-state index in [1.165, 1.54) is 12.7 Å². The summed E-state index contributed by atoms with van der Waals surface area (Å²) in [5.41, 5.74) is 2.63. The molecule has 0 N–H and O–H groups in total. The molecular formula is C21H23NO5. The van der Waals surface area contributed by atoms with Crippen LogP contribution in [0.15, 0.2) is 42.5 Å². The molecule has 1 fully saturated rings. The van der Waals surface area contributed by atoms with Crippen LogP contribution in [0.2, 0.25) is 0 Å². The Balaban J connectivity index is 1.63. The van der Waals surface area contributed by atoms with E-state index in [-0.39, 0.29) is 11.1 Å². The van der Waals surface area contributed by atoms with Gasteiger partial charge in [-0.3, -0.25) is 9.69 Å². The highest BCUT2D eigenvalue weighted by atomic mass is 16.5. The summed E-state index contributed by atoms with van der Waals surface area (Å²) in [4.78, 5) is 25.5. The van der Waals surface area contributed by atoms with Gasteiger partial charge in [0.15, 0.2) is 6.29 Å². The van der Waals surface area contributed by atoms with Crippen LogP contribution in [-0.2, 0) is 22.6 Å². The topological polar surface area (TPSA) is 65.1 Å². The van der Waals surface area contributed by atoms with Crippen molar-refractivity contribution in [1.29, 1.82) is 0 Å². The molecule has 1 aliphatic heterocycles. The number of esters is 1. The van der Waals surface area contributed by atoms with Crippen molar-refractivity contribution in [2.24, 2.45) is 0 Å². The third kappa shape index (κ3) is 4.93. The third-order valence-electron chi connectivity index (χ3n) is 4.52. The van der Waals surface area contributed by atoms with E-state index >= 15 is 0 Å². The molecule has 1 aliphatic rings. The Morgan fingerprint density at radius 3 is 2.48 bits per heavy atom. The monoisotopic (exact) mass is 369 g/mol. The minimum Gasteiger partial charge on any atom is -0.488 e. The van der Waals surface area contributed by atoms with Gasteiger partial charge in [0, 0.05) is 19.6 Å². The average molecular weight is 369 g/mol. The highest BCUT2D eigenvalue weighted by molar-refractivity contribution is 5.99. The summed E-state index contributed by atoms with van der Waals surface area (Å²) in [5.74, 6) is -0.194. The van der Waals surface area contributed by atoms with Crippen LogP contribution < -0.4 is 4.74 Å². The van der Waals surface area contributed by atoms with Crippen LogP contribution in [0.1, 0.15) is 31.8 Å². The lowest BCUT2D eigenvalue weighted by atomic mass is 10.1. The first-order valence-corrected chi connectivity index (χ1v) is 8.88. The Kier molecular flexibility index (Phi) is 6.57. The van der Waals surface area contributed by atoms with E-state index in [4.69, 9.17) is 14.2 Å². The quantitative estimate of drug-likeness (QED) is 0.552. The van der Waals surface area contributed by atoms with E-state index in [2.05, 4.69) is 17.0 Å². The first-order chi connectivity index (χ1) is 13.2. The largest absolute Gasteiger partial charge is 0.488 e. The summed E-state index contributed by atoms with van der Waals surface area (Å²) >= 11 is 0. The Morgan fingerprint density at radius 2 is 1.81 bits per heavy atom. The van der Waals surface area contributed by atoms with E-state index in [0.29, 0.717) is 18.6 Å². The molecule has 0 saturated carbocycles. The van der Waals surface area contributed by atoms with Gasteiger partial charge in [-0.1, -0.05) is 30.3 Å². The fourth-order valence-electron chi connectivity index (χ4n) is 3.00. The van der Waals surface area contributed by atoms with Crippen molar-refractivity contribution in [3.05, 3.63) is 64.7 Å². The molecule has 0 radical (unpaired) electrons. The fraction of sp³-hybridized carbons (Fsp3) is 0.333. The van der Waals surface area contributed by atoms with Crippen molar-refractivity contribution in [2.45, 2.75) is 13.2 Å². The molecule has 0 bridgehead atoms. The number of benzene rings is 2. The number of methoxy groups -OCH3 is 1. The van der Waals surface area contributed by atoms with Crippen molar-refractivity contribution >= 4 is 12.3 Å². The SMILES string of the molecule is COC(=O)c1cccc(OCc2ccc(CN3CCOCC3)cc2)c1C=O. The van der Waals surface area contributed by atoms with Crippen molar-refractivity contribution in [1.82, 2.24) is 4.90 Å². The second kappa shape index (κ2) is 9.30. The van der Waals surface area contributed by atoms with Crippen molar-refractivity contribution in [2.75, 3.05) is 33.4 Å². The molecule has 6 nitrogen and oxygen atoms in total. The maximum Gasteiger partial charge on any atom is 0.338 e. The highest BCUT2D eigenvalue weighted by Crippen LogP contribution is 2.22. The Bertz CT molecular complexity index is 782. The van der Waals surface area contributed by atoms with Gasteiger partial charge in [-0.25, -0.2) is 4.79 Å². The second-order valence-corrected chi connectivity index (χ2v) is 6.32. The lowest BCUT2D eigenvalue weighted by Crippen LogP contribution is -2.35. The van der Waals surface area contributed by atoms with Gasteiger partial charge in [-0.15, -0.1) is 0 Å². The predicted molar refractivity (Wildman–Crippen MR) is 100 cm³/mol. The number of morpholine rings is 1. The standard InChI is InChI=1S/C21H23NO5/c1-25-21(24)18-3-2-4-20(19(18)14-23)27-15-17-7-5-16(6-8-17)13-22-9-11-26-12-10-22/h2-8,14H,9-13,15H2,1H3. The maximum atomic E-state index is 11.8. The van der Waals surface area contributed by atoms with Gasteiger partial charge in [0.2, 0.25) is 0 Å². The summed E-state index contributed by atoms with van der Waals surface area (Å²) in [5, 5.41) is 0. The number of aldehydes is 1. The summed E-state index contributed by atoms with van der Waals surface area (Å²) in [6.07, 6.45) is 0.618. The number of rotatable bonds is 7. The lowest BCUT2D eigenvalue weighted by molar-refractivity contribution is 0.0342. The normalized spacial score (nSPS) is 14.6. The molecule has 142 valence electrons. The predicted octanol–water partition coefficient (Wildman–Crippen LogP) is 2.70. The number of nitrogens with zero attached hydrogens (tertiary/aromatic N) is 1. The molecule has 1 saturated heterocycles. The first kappa shape index (κ1) is 19.1. The number of hydrogen-bond acceptors (Lipinski definition) is 6. The zero-order valence-electron chi connectivity index (χ0n) is 15.3. The van der Waals surface area contributed by atoms with Crippen LogP contribution in [0.25, 0.3) is 0 Å². The molecule has 0 spiro atoms. The molecule has 0 atom stereocenters. The van der Waals surface area contributed by atoms with Gasteiger partial charge in [0.1, 0.15) is 12.4 Å². The molecule has 2 aromatic carbocycles. The van der Waals surface area contributed by atoms with E-state index < -0.39 is 5.97 Å². The number of carbonyl (C=O) groups excluding carboxylic acids is 2. The first-order valence-electron chi connectivity index (χ1n) is 8.88. The summed E-state index contributed by atoms with van der Waals surface area (Å²) in [7, 11) is 1.28. The van der Waals surface area contributed by atoms with Crippen LogP contribution >= 0.6 is 0 Å². The van der Waals surface area contributed by atoms with Gasteiger partial charge >= 0.3 is 5.97 Å². The molecule has 1 heterocycles. The minimum absolute atomic E-state index is 0.200. The van der Waals surface area contributed by atoms with Gasteiger partial charge < -0.3 is 14.2 Å². The Hall–Kier alpha value is -2.70. The second-order valence-electron chi connectivity index (χ2n) is 6.32. The van der Waals surface area contributed by atoms with Gasteiger partial charge in [-0.05, 0) is 23.3 Å². The van der Waals surface area contributed by atoms with Crippen LogP contribution in [0.5, 0.6) is 5.75 Å². The third-order valence-corrected chi connectivity index (χ3v) is 4.52. The van der Waals surface area contributed by atoms with Gasteiger partial charge in [0.25, 0.3) is 0 Å². The molecule has 0 amide bonds. The van der Waals surface area contributed by atoms with E-state index in [0.717, 1.165) is 38.4 Å². The highest BCUT2D eigenvalue weighted by Gasteiger charge is 2.16. The maximum absolute atomic E-state index is 11.8. The van der Waals surface area contributed by atoms with Crippen molar-refractivity contribution in [3.8, 4) is 5.75 Å². The zero-order chi connectivity index (χ0) is 19.1.